The molecule has 0 fully saturated rings. The van der Waals surface area contributed by atoms with Crippen LogP contribution in [0.15, 0.2) is 59.6 Å². The average Bonchev–Trinajstić information content (AvgIpc) is 2.47. The van der Waals surface area contributed by atoms with Gasteiger partial charge in [0, 0.05) is 12.1 Å². The molecule has 0 bridgehead atoms. The summed E-state index contributed by atoms with van der Waals surface area (Å²) in [5.74, 6) is 0.859. The normalized spacial score (nSPS) is 10.1. The lowest BCUT2D eigenvalue weighted by Crippen LogP contribution is -2.03. The van der Waals surface area contributed by atoms with Gasteiger partial charge in [-0.1, -0.05) is 48.5 Å². The molecule has 0 spiro atoms. The number of hydrogen-bond acceptors (Lipinski definition) is 2. The third-order valence-corrected chi connectivity index (χ3v) is 4.15. The molecule has 0 aromatic heterocycles. The number of anilines is 1. The molecule has 0 amide bonds. The van der Waals surface area contributed by atoms with Crippen LogP contribution in [0.5, 0.6) is 5.75 Å². The number of rotatable bonds is 6. The summed E-state index contributed by atoms with van der Waals surface area (Å²) in [5, 5.41) is 4.04. The third kappa shape index (κ3) is 3.78. The van der Waals surface area contributed by atoms with Crippen molar-refractivity contribution in [3.8, 4) is 5.75 Å². The Labute approximate surface area is 132 Å². The van der Waals surface area contributed by atoms with Gasteiger partial charge in [-0.05, 0) is 34.1 Å². The molecule has 104 valence electrons. The summed E-state index contributed by atoms with van der Waals surface area (Å²) in [6, 6.07) is 13.7. The minimum Gasteiger partial charge on any atom is -0.489 e. The molecular formula is C16H15BrClNO. The zero-order valence-electron chi connectivity index (χ0n) is 10.9. The molecule has 2 aromatic rings. The topological polar surface area (TPSA) is 21.3 Å². The van der Waals surface area contributed by atoms with E-state index in [1.54, 1.807) is 6.08 Å². The van der Waals surface area contributed by atoms with Crippen molar-refractivity contribution in [1.29, 1.82) is 0 Å². The van der Waals surface area contributed by atoms with E-state index in [2.05, 4.69) is 27.8 Å². The highest BCUT2D eigenvalue weighted by atomic mass is 79.9. The van der Waals surface area contributed by atoms with Crippen molar-refractivity contribution in [2.75, 3.05) is 11.9 Å². The summed E-state index contributed by atoms with van der Waals surface area (Å²) in [7, 11) is 0. The first-order chi connectivity index (χ1) is 9.72. The van der Waals surface area contributed by atoms with Gasteiger partial charge in [0.05, 0.1) is 15.2 Å². The van der Waals surface area contributed by atoms with Gasteiger partial charge in [-0.15, -0.1) is 0 Å². The van der Waals surface area contributed by atoms with Crippen molar-refractivity contribution < 1.29 is 4.74 Å². The second-order valence-corrected chi connectivity index (χ2v) is 5.36. The molecular weight excluding hydrogens is 338 g/mol. The zero-order chi connectivity index (χ0) is 14.4. The fourth-order valence-electron chi connectivity index (χ4n) is 1.77. The van der Waals surface area contributed by atoms with Crippen LogP contribution in [-0.4, -0.2) is 6.61 Å². The van der Waals surface area contributed by atoms with E-state index in [4.69, 9.17) is 16.3 Å². The molecule has 2 aromatic carbocycles. The number of halogens is 2. The van der Waals surface area contributed by atoms with Crippen LogP contribution in [-0.2, 0) is 6.54 Å². The van der Waals surface area contributed by atoms with Gasteiger partial charge >= 0.3 is 0 Å². The van der Waals surface area contributed by atoms with Crippen LogP contribution in [0.1, 0.15) is 5.56 Å². The summed E-state index contributed by atoms with van der Waals surface area (Å²) in [6.07, 6.45) is 1.73. The molecule has 0 aliphatic heterocycles. The average molecular weight is 353 g/mol. The van der Waals surface area contributed by atoms with E-state index in [0.29, 0.717) is 18.2 Å². The summed E-state index contributed by atoms with van der Waals surface area (Å²) >= 11 is 9.55. The van der Waals surface area contributed by atoms with E-state index in [1.807, 2.05) is 42.5 Å². The molecule has 0 saturated carbocycles. The zero-order valence-corrected chi connectivity index (χ0v) is 13.2. The van der Waals surface area contributed by atoms with E-state index >= 15 is 0 Å². The highest BCUT2D eigenvalue weighted by Crippen LogP contribution is 2.30. The second-order valence-electron chi connectivity index (χ2n) is 4.16. The maximum atomic E-state index is 6.07. The number of benzene rings is 2. The van der Waals surface area contributed by atoms with E-state index < -0.39 is 0 Å². The summed E-state index contributed by atoms with van der Waals surface area (Å²) < 4.78 is 6.50. The molecule has 2 rings (SSSR count). The number of ether oxygens (including phenoxy) is 1. The van der Waals surface area contributed by atoms with Crippen LogP contribution in [0.3, 0.4) is 0 Å². The summed E-state index contributed by atoms with van der Waals surface area (Å²) in [4.78, 5) is 0. The number of nitrogens with one attached hydrogen (secondary N) is 1. The van der Waals surface area contributed by atoms with Gasteiger partial charge in [0.2, 0.25) is 0 Å². The van der Waals surface area contributed by atoms with Crippen LogP contribution in [0.4, 0.5) is 5.69 Å². The molecule has 0 aliphatic rings. The van der Waals surface area contributed by atoms with Crippen LogP contribution in [0.25, 0.3) is 0 Å². The Balaban J connectivity index is 2.10. The number of hydrogen-bond donors (Lipinski definition) is 1. The molecule has 2 nitrogen and oxygen atoms in total. The maximum absolute atomic E-state index is 6.07. The lowest BCUT2D eigenvalue weighted by Gasteiger charge is -2.13. The van der Waals surface area contributed by atoms with Crippen molar-refractivity contribution in [2.24, 2.45) is 0 Å². The lowest BCUT2D eigenvalue weighted by atomic mass is 10.2. The highest BCUT2D eigenvalue weighted by molar-refractivity contribution is 9.10. The van der Waals surface area contributed by atoms with E-state index in [0.717, 1.165) is 21.5 Å². The first kappa shape index (κ1) is 14.9. The highest BCUT2D eigenvalue weighted by Gasteiger charge is 2.06. The SMILES string of the molecule is C=CCOc1ccccc1CNc1cccc(Cl)c1Br. The molecule has 0 radical (unpaired) electrons. The molecule has 1 N–H and O–H groups in total. The fraction of sp³-hybridized carbons (Fsp3) is 0.125. The molecule has 0 aliphatic carbocycles. The Morgan fingerprint density at radius 1 is 1.20 bits per heavy atom. The Bertz CT molecular complexity index is 601. The van der Waals surface area contributed by atoms with Gasteiger partial charge in [-0.2, -0.15) is 0 Å². The van der Waals surface area contributed by atoms with Crippen molar-refractivity contribution in [3.05, 3.63) is 70.2 Å². The van der Waals surface area contributed by atoms with Gasteiger partial charge < -0.3 is 10.1 Å². The number of para-hydroxylation sites is 1. The summed E-state index contributed by atoms with van der Waals surface area (Å²) in [5.41, 5.74) is 2.04. The Morgan fingerprint density at radius 3 is 2.80 bits per heavy atom. The van der Waals surface area contributed by atoms with Gasteiger partial charge in [-0.25, -0.2) is 0 Å². The Morgan fingerprint density at radius 2 is 2.00 bits per heavy atom. The Hall–Kier alpha value is -1.45. The molecule has 20 heavy (non-hydrogen) atoms. The van der Waals surface area contributed by atoms with Gasteiger partial charge in [0.1, 0.15) is 12.4 Å². The lowest BCUT2D eigenvalue weighted by molar-refractivity contribution is 0.359. The first-order valence-corrected chi connectivity index (χ1v) is 7.39. The van der Waals surface area contributed by atoms with E-state index in [-0.39, 0.29) is 0 Å². The van der Waals surface area contributed by atoms with E-state index in [9.17, 15) is 0 Å². The summed E-state index contributed by atoms with van der Waals surface area (Å²) in [6.45, 7) is 4.82. The van der Waals surface area contributed by atoms with Crippen molar-refractivity contribution in [1.82, 2.24) is 0 Å². The minimum absolute atomic E-state index is 0.498. The van der Waals surface area contributed by atoms with Crippen LogP contribution in [0, 0.1) is 0 Å². The molecule has 4 heteroatoms. The second kappa shape index (κ2) is 7.36. The minimum atomic E-state index is 0.498. The smallest absolute Gasteiger partial charge is 0.124 e. The quantitative estimate of drug-likeness (QED) is 0.714. The third-order valence-electron chi connectivity index (χ3n) is 2.75. The predicted molar refractivity (Wildman–Crippen MR) is 88.6 cm³/mol. The predicted octanol–water partition coefficient (Wildman–Crippen LogP) is 5.28. The Kier molecular flexibility index (Phi) is 5.50. The van der Waals surface area contributed by atoms with Gasteiger partial charge in [0.15, 0.2) is 0 Å². The molecule has 0 unspecified atom stereocenters. The first-order valence-electron chi connectivity index (χ1n) is 6.22. The van der Waals surface area contributed by atoms with Crippen LogP contribution in [0.2, 0.25) is 5.02 Å². The van der Waals surface area contributed by atoms with Crippen LogP contribution < -0.4 is 10.1 Å². The van der Waals surface area contributed by atoms with Crippen molar-refractivity contribution in [3.63, 3.8) is 0 Å². The molecule has 0 heterocycles. The van der Waals surface area contributed by atoms with Crippen molar-refractivity contribution >= 4 is 33.2 Å². The fourth-order valence-corrected chi connectivity index (χ4v) is 2.35. The van der Waals surface area contributed by atoms with Crippen molar-refractivity contribution in [2.45, 2.75) is 6.54 Å². The van der Waals surface area contributed by atoms with Gasteiger partial charge in [0.25, 0.3) is 0 Å². The van der Waals surface area contributed by atoms with Crippen LogP contribution >= 0.6 is 27.5 Å². The van der Waals surface area contributed by atoms with Gasteiger partial charge in [-0.3, -0.25) is 0 Å². The van der Waals surface area contributed by atoms with E-state index in [1.165, 1.54) is 0 Å². The maximum Gasteiger partial charge on any atom is 0.124 e. The molecule has 0 atom stereocenters. The largest absolute Gasteiger partial charge is 0.489 e. The molecule has 0 saturated heterocycles. The standard InChI is InChI=1S/C16H15BrClNO/c1-2-10-20-15-9-4-3-6-12(15)11-19-14-8-5-7-13(18)16(14)17/h2-9,19H,1,10-11H2. The monoisotopic (exact) mass is 351 g/mol.